The first-order chi connectivity index (χ1) is 8.49. The van der Waals surface area contributed by atoms with Crippen LogP contribution in [0.25, 0.3) is 0 Å². The van der Waals surface area contributed by atoms with E-state index in [9.17, 15) is 9.59 Å². The smallest absolute Gasteiger partial charge is 0.343 e. The van der Waals surface area contributed by atoms with E-state index in [0.29, 0.717) is 15.7 Å². The Morgan fingerprint density at radius 1 is 1.56 bits per heavy atom. The molecule has 7 nitrogen and oxygen atoms in total. The number of nitrogens with one attached hydrogen (secondary N) is 1. The van der Waals surface area contributed by atoms with Gasteiger partial charge in [-0.3, -0.25) is 4.57 Å². The number of rotatable bonds is 3. The van der Waals surface area contributed by atoms with Crippen LogP contribution in [0, 0.1) is 0 Å². The predicted octanol–water partition coefficient (Wildman–Crippen LogP) is 0.540. The van der Waals surface area contributed by atoms with Gasteiger partial charge in [-0.15, -0.1) is 5.10 Å². The number of hydrogen-bond donors (Lipinski definition) is 3. The fourth-order valence-electron chi connectivity index (χ4n) is 1.33. The van der Waals surface area contributed by atoms with E-state index in [1.165, 1.54) is 10.6 Å². The molecule has 0 unspecified atom stereocenters. The third-order valence-corrected chi connectivity index (χ3v) is 3.40. The minimum atomic E-state index is -1.08. The topological polar surface area (TPSA) is 114 Å². The highest BCUT2D eigenvalue weighted by Crippen LogP contribution is 2.29. The Hall–Kier alpha value is -2.22. The highest BCUT2D eigenvalue weighted by atomic mass is 32.2. The van der Waals surface area contributed by atoms with Gasteiger partial charge in [-0.25, -0.2) is 14.7 Å². The van der Waals surface area contributed by atoms with Crippen LogP contribution >= 0.6 is 11.8 Å². The standard InChI is InChI=1S/C10H10N4O3S/c1-14-9(17)12-13-10(14)18-7-3-2-5(11)4-6(7)8(15)16/h2-4H,11H2,1H3,(H,12,17)(H,15,16). The summed E-state index contributed by atoms with van der Waals surface area (Å²) in [6.07, 6.45) is 0. The maximum Gasteiger partial charge on any atom is 0.343 e. The number of hydrogen-bond acceptors (Lipinski definition) is 5. The summed E-state index contributed by atoms with van der Waals surface area (Å²) < 4.78 is 1.30. The SMILES string of the molecule is Cn1c(Sc2ccc(N)cc2C(=O)O)n[nH]c1=O. The van der Waals surface area contributed by atoms with Gasteiger partial charge in [0.2, 0.25) is 0 Å². The molecule has 1 aromatic carbocycles. The lowest BCUT2D eigenvalue weighted by atomic mass is 10.2. The maximum absolute atomic E-state index is 11.2. The molecule has 0 saturated heterocycles. The molecule has 94 valence electrons. The van der Waals surface area contributed by atoms with Crippen LogP contribution in [0.5, 0.6) is 0 Å². The Balaban J connectivity index is 2.43. The van der Waals surface area contributed by atoms with Gasteiger partial charge in [0.15, 0.2) is 5.16 Å². The molecular formula is C10H10N4O3S. The van der Waals surface area contributed by atoms with Gasteiger partial charge in [0.1, 0.15) is 0 Å². The molecule has 18 heavy (non-hydrogen) atoms. The van der Waals surface area contributed by atoms with E-state index in [4.69, 9.17) is 10.8 Å². The molecule has 0 amide bonds. The quantitative estimate of drug-likeness (QED) is 0.699. The molecule has 0 aliphatic rings. The van der Waals surface area contributed by atoms with Crippen molar-refractivity contribution in [1.82, 2.24) is 14.8 Å². The van der Waals surface area contributed by atoms with Crippen molar-refractivity contribution >= 4 is 23.4 Å². The molecule has 4 N–H and O–H groups in total. The van der Waals surface area contributed by atoms with Gasteiger partial charge in [-0.2, -0.15) is 0 Å². The Morgan fingerprint density at radius 2 is 2.28 bits per heavy atom. The van der Waals surface area contributed by atoms with Crippen molar-refractivity contribution in [3.8, 4) is 0 Å². The molecule has 0 bridgehead atoms. The third-order valence-electron chi connectivity index (χ3n) is 2.27. The highest BCUT2D eigenvalue weighted by molar-refractivity contribution is 7.99. The predicted molar refractivity (Wildman–Crippen MR) is 65.8 cm³/mol. The number of aromatic nitrogens is 3. The molecule has 0 aliphatic heterocycles. The Bertz CT molecular complexity index is 661. The van der Waals surface area contributed by atoms with E-state index in [2.05, 4.69) is 10.2 Å². The minimum absolute atomic E-state index is 0.0791. The van der Waals surface area contributed by atoms with Gasteiger partial charge in [-0.1, -0.05) is 0 Å². The molecule has 2 rings (SSSR count). The van der Waals surface area contributed by atoms with Crippen LogP contribution in [-0.2, 0) is 7.05 Å². The number of benzene rings is 1. The average molecular weight is 266 g/mol. The second-order valence-electron chi connectivity index (χ2n) is 3.53. The van der Waals surface area contributed by atoms with Gasteiger partial charge in [0, 0.05) is 17.6 Å². The van der Waals surface area contributed by atoms with Gasteiger partial charge < -0.3 is 10.8 Å². The Kier molecular flexibility index (Phi) is 3.11. The largest absolute Gasteiger partial charge is 0.478 e. The lowest BCUT2D eigenvalue weighted by molar-refractivity contribution is 0.0693. The van der Waals surface area contributed by atoms with Crippen molar-refractivity contribution in [3.63, 3.8) is 0 Å². The number of aromatic amines is 1. The molecule has 1 heterocycles. The maximum atomic E-state index is 11.2. The summed E-state index contributed by atoms with van der Waals surface area (Å²) >= 11 is 1.08. The highest BCUT2D eigenvalue weighted by Gasteiger charge is 2.14. The van der Waals surface area contributed by atoms with Crippen LogP contribution in [0.1, 0.15) is 10.4 Å². The summed E-state index contributed by atoms with van der Waals surface area (Å²) in [6.45, 7) is 0. The Labute approximate surface area is 106 Å². The van der Waals surface area contributed by atoms with Crippen LogP contribution in [0.15, 0.2) is 33.0 Å². The van der Waals surface area contributed by atoms with Crippen molar-refractivity contribution in [1.29, 1.82) is 0 Å². The monoisotopic (exact) mass is 266 g/mol. The summed E-state index contributed by atoms with van der Waals surface area (Å²) in [4.78, 5) is 22.8. The number of nitrogen functional groups attached to an aromatic ring is 1. The Morgan fingerprint density at radius 3 is 2.83 bits per heavy atom. The zero-order chi connectivity index (χ0) is 13.3. The fraction of sp³-hybridized carbons (Fsp3) is 0.100. The molecule has 0 fully saturated rings. The van der Waals surface area contributed by atoms with E-state index in [1.54, 1.807) is 19.2 Å². The van der Waals surface area contributed by atoms with Crippen LogP contribution < -0.4 is 11.4 Å². The zero-order valence-corrected chi connectivity index (χ0v) is 10.2. The molecule has 2 aromatic rings. The number of nitrogens with zero attached hydrogens (tertiary/aromatic N) is 2. The van der Waals surface area contributed by atoms with E-state index >= 15 is 0 Å². The number of H-pyrrole nitrogens is 1. The van der Waals surface area contributed by atoms with Crippen LogP contribution in [0.2, 0.25) is 0 Å². The van der Waals surface area contributed by atoms with Gasteiger partial charge in [0.25, 0.3) is 0 Å². The number of aromatic carboxylic acids is 1. The van der Waals surface area contributed by atoms with Gasteiger partial charge >= 0.3 is 11.7 Å². The lowest BCUT2D eigenvalue weighted by Crippen LogP contribution is -2.13. The second-order valence-corrected chi connectivity index (χ2v) is 4.54. The molecule has 0 radical (unpaired) electrons. The van der Waals surface area contributed by atoms with Crippen molar-refractivity contribution in [2.45, 2.75) is 10.1 Å². The summed E-state index contributed by atoms with van der Waals surface area (Å²) in [5.74, 6) is -1.08. The average Bonchev–Trinajstić information content (AvgIpc) is 2.63. The summed E-state index contributed by atoms with van der Waals surface area (Å²) in [6, 6.07) is 4.55. The molecule has 8 heteroatoms. The van der Waals surface area contributed by atoms with E-state index in [0.717, 1.165) is 11.8 Å². The normalized spacial score (nSPS) is 10.5. The van der Waals surface area contributed by atoms with E-state index in [-0.39, 0.29) is 11.3 Å². The fourth-order valence-corrected chi connectivity index (χ4v) is 2.23. The summed E-state index contributed by atoms with van der Waals surface area (Å²) in [5.41, 5.74) is 5.63. The van der Waals surface area contributed by atoms with Crippen molar-refractivity contribution in [2.75, 3.05) is 5.73 Å². The van der Waals surface area contributed by atoms with Crippen molar-refractivity contribution in [3.05, 3.63) is 34.2 Å². The van der Waals surface area contributed by atoms with Crippen LogP contribution in [0.4, 0.5) is 5.69 Å². The molecule has 0 aliphatic carbocycles. The lowest BCUT2D eigenvalue weighted by Gasteiger charge is -2.05. The first-order valence-electron chi connectivity index (χ1n) is 4.91. The molecule has 0 saturated carbocycles. The van der Waals surface area contributed by atoms with E-state index in [1.807, 2.05) is 0 Å². The summed E-state index contributed by atoms with van der Waals surface area (Å²) in [7, 11) is 1.55. The van der Waals surface area contributed by atoms with Crippen LogP contribution in [-0.4, -0.2) is 25.8 Å². The minimum Gasteiger partial charge on any atom is -0.478 e. The van der Waals surface area contributed by atoms with Crippen molar-refractivity contribution < 1.29 is 9.90 Å². The molecule has 0 spiro atoms. The third kappa shape index (κ3) is 2.23. The first-order valence-corrected chi connectivity index (χ1v) is 5.72. The second kappa shape index (κ2) is 4.57. The summed E-state index contributed by atoms with van der Waals surface area (Å²) in [5, 5.41) is 15.5. The first kappa shape index (κ1) is 12.2. The number of carboxylic acid groups (broad SMARTS) is 1. The van der Waals surface area contributed by atoms with Gasteiger partial charge in [-0.05, 0) is 30.0 Å². The zero-order valence-electron chi connectivity index (χ0n) is 9.38. The number of carboxylic acids is 1. The van der Waals surface area contributed by atoms with E-state index < -0.39 is 5.97 Å². The van der Waals surface area contributed by atoms with Gasteiger partial charge in [0.05, 0.1) is 5.56 Å². The molecule has 0 atom stereocenters. The van der Waals surface area contributed by atoms with Crippen molar-refractivity contribution in [2.24, 2.45) is 7.05 Å². The molecular weight excluding hydrogens is 256 g/mol. The number of anilines is 1. The van der Waals surface area contributed by atoms with Crippen LogP contribution in [0.3, 0.4) is 0 Å². The molecule has 1 aromatic heterocycles. The number of nitrogens with two attached hydrogens (primary N) is 1. The number of carbonyl (C=O) groups is 1.